The lowest BCUT2D eigenvalue weighted by Gasteiger charge is -2.11. The summed E-state index contributed by atoms with van der Waals surface area (Å²) in [4.78, 5) is 0. The molecule has 1 aliphatic carbocycles. The van der Waals surface area contributed by atoms with E-state index in [1.165, 1.54) is 5.56 Å². The summed E-state index contributed by atoms with van der Waals surface area (Å²) < 4.78 is 17.8. The molecule has 3 heteroatoms. The lowest BCUT2D eigenvalue weighted by Crippen LogP contribution is -1.98. The molecule has 0 saturated heterocycles. The lowest BCUT2D eigenvalue weighted by atomic mass is 9.98. The summed E-state index contributed by atoms with van der Waals surface area (Å²) in [5.41, 5.74) is 3.23. The Labute approximate surface area is 143 Å². The zero-order valence-corrected chi connectivity index (χ0v) is 14.8. The van der Waals surface area contributed by atoms with Gasteiger partial charge in [0.2, 0.25) is 0 Å². The van der Waals surface area contributed by atoms with Crippen LogP contribution in [0.1, 0.15) is 48.0 Å². The zero-order valence-electron chi connectivity index (χ0n) is 14.8. The number of hydrogen-bond acceptors (Lipinski definition) is 3. The number of rotatable bonds is 5. The van der Waals surface area contributed by atoms with Crippen LogP contribution in [0.3, 0.4) is 0 Å². The molecule has 3 rings (SSSR count). The molecule has 0 bridgehead atoms. The van der Waals surface area contributed by atoms with Gasteiger partial charge in [0.15, 0.2) is 0 Å². The van der Waals surface area contributed by atoms with Gasteiger partial charge in [-0.15, -0.1) is 0 Å². The highest BCUT2D eigenvalue weighted by Crippen LogP contribution is 2.40. The van der Waals surface area contributed by atoms with E-state index in [0.29, 0.717) is 13.2 Å². The Hall–Kier alpha value is -2.42. The van der Waals surface area contributed by atoms with E-state index < -0.39 is 0 Å². The quantitative estimate of drug-likeness (QED) is 0.733. The van der Waals surface area contributed by atoms with Gasteiger partial charge < -0.3 is 13.9 Å². The van der Waals surface area contributed by atoms with E-state index in [4.69, 9.17) is 13.9 Å². The molecule has 2 aromatic rings. The van der Waals surface area contributed by atoms with Crippen LogP contribution in [0.5, 0.6) is 0 Å². The molecule has 0 N–H and O–H groups in total. The van der Waals surface area contributed by atoms with Gasteiger partial charge in [-0.1, -0.05) is 30.3 Å². The number of fused-ring (bicyclic) bond motifs is 1. The number of benzene rings is 1. The SMILES string of the molecule is CCOC1=CC(c2ccccc2)C=C(OCC)c2c(C)oc(C)c21. The molecule has 126 valence electrons. The van der Waals surface area contributed by atoms with Crippen molar-refractivity contribution in [3.63, 3.8) is 0 Å². The topological polar surface area (TPSA) is 31.6 Å². The van der Waals surface area contributed by atoms with Crippen molar-refractivity contribution < 1.29 is 13.9 Å². The molecule has 3 nitrogen and oxygen atoms in total. The number of furan rings is 1. The average molecular weight is 324 g/mol. The van der Waals surface area contributed by atoms with Crippen LogP contribution in [-0.4, -0.2) is 13.2 Å². The van der Waals surface area contributed by atoms with Gasteiger partial charge >= 0.3 is 0 Å². The smallest absolute Gasteiger partial charge is 0.127 e. The lowest BCUT2D eigenvalue weighted by molar-refractivity contribution is 0.293. The van der Waals surface area contributed by atoms with Crippen LogP contribution in [0, 0.1) is 13.8 Å². The summed E-state index contributed by atoms with van der Waals surface area (Å²) in [6.07, 6.45) is 4.32. The highest BCUT2D eigenvalue weighted by Gasteiger charge is 2.28. The van der Waals surface area contributed by atoms with E-state index >= 15 is 0 Å². The molecule has 1 aromatic carbocycles. The third kappa shape index (κ3) is 2.99. The Morgan fingerprint density at radius 2 is 1.33 bits per heavy atom. The number of ether oxygens (including phenoxy) is 2. The second-order valence-electron chi connectivity index (χ2n) is 5.83. The van der Waals surface area contributed by atoms with Crippen LogP contribution in [0.15, 0.2) is 46.9 Å². The predicted molar refractivity (Wildman–Crippen MR) is 96.6 cm³/mol. The Morgan fingerprint density at radius 3 is 1.79 bits per heavy atom. The molecule has 0 unspecified atom stereocenters. The molecule has 0 radical (unpaired) electrons. The molecular formula is C21H24O3. The highest BCUT2D eigenvalue weighted by molar-refractivity contribution is 5.80. The van der Waals surface area contributed by atoms with E-state index in [1.807, 2.05) is 33.8 Å². The van der Waals surface area contributed by atoms with Crippen LogP contribution >= 0.6 is 0 Å². The van der Waals surface area contributed by atoms with Crippen molar-refractivity contribution in [2.45, 2.75) is 33.6 Å². The van der Waals surface area contributed by atoms with E-state index in [2.05, 4.69) is 36.4 Å². The van der Waals surface area contributed by atoms with Crippen molar-refractivity contribution in [2.75, 3.05) is 13.2 Å². The first kappa shape index (κ1) is 16.4. The van der Waals surface area contributed by atoms with Crippen LogP contribution < -0.4 is 0 Å². The second-order valence-corrected chi connectivity index (χ2v) is 5.83. The molecule has 24 heavy (non-hydrogen) atoms. The van der Waals surface area contributed by atoms with Crippen molar-refractivity contribution >= 4 is 11.5 Å². The summed E-state index contributed by atoms with van der Waals surface area (Å²) in [5, 5.41) is 0. The van der Waals surface area contributed by atoms with Crippen LogP contribution in [0.2, 0.25) is 0 Å². The number of allylic oxidation sites excluding steroid dienone is 2. The van der Waals surface area contributed by atoms with E-state index in [1.54, 1.807) is 0 Å². The maximum absolute atomic E-state index is 5.97. The first-order chi connectivity index (χ1) is 11.7. The number of aryl methyl sites for hydroxylation is 2. The minimum atomic E-state index is 0.0977. The maximum Gasteiger partial charge on any atom is 0.127 e. The third-order valence-electron chi connectivity index (χ3n) is 4.20. The molecule has 1 aromatic heterocycles. The second kappa shape index (κ2) is 7.00. The van der Waals surface area contributed by atoms with Gasteiger partial charge in [0.05, 0.1) is 24.3 Å². The van der Waals surface area contributed by atoms with Gasteiger partial charge in [0.25, 0.3) is 0 Å². The summed E-state index contributed by atoms with van der Waals surface area (Å²) in [6.45, 7) is 9.18. The Morgan fingerprint density at radius 1 is 0.833 bits per heavy atom. The summed E-state index contributed by atoms with van der Waals surface area (Å²) >= 11 is 0. The van der Waals surface area contributed by atoms with Crippen LogP contribution in [0.25, 0.3) is 11.5 Å². The molecule has 0 saturated carbocycles. The van der Waals surface area contributed by atoms with Crippen molar-refractivity contribution in [3.05, 3.63) is 70.7 Å². The van der Waals surface area contributed by atoms with Crippen LogP contribution in [-0.2, 0) is 9.47 Å². The van der Waals surface area contributed by atoms with Crippen molar-refractivity contribution in [1.29, 1.82) is 0 Å². The number of hydrogen-bond donors (Lipinski definition) is 0. The van der Waals surface area contributed by atoms with Gasteiger partial charge in [0.1, 0.15) is 23.0 Å². The minimum Gasteiger partial charge on any atom is -0.493 e. The monoisotopic (exact) mass is 324 g/mol. The van der Waals surface area contributed by atoms with Gasteiger partial charge in [0, 0.05) is 5.92 Å². The average Bonchev–Trinajstić information content (AvgIpc) is 2.77. The highest BCUT2D eigenvalue weighted by atomic mass is 16.5. The maximum atomic E-state index is 5.97. The largest absolute Gasteiger partial charge is 0.493 e. The van der Waals surface area contributed by atoms with Gasteiger partial charge in [-0.3, -0.25) is 0 Å². The Kier molecular flexibility index (Phi) is 4.79. The van der Waals surface area contributed by atoms with E-state index in [-0.39, 0.29) is 5.92 Å². The first-order valence-electron chi connectivity index (χ1n) is 8.50. The molecule has 0 atom stereocenters. The molecule has 1 heterocycles. The van der Waals surface area contributed by atoms with Gasteiger partial charge in [-0.05, 0) is 45.4 Å². The van der Waals surface area contributed by atoms with Crippen molar-refractivity contribution in [3.8, 4) is 0 Å². The summed E-state index contributed by atoms with van der Waals surface area (Å²) in [7, 11) is 0. The van der Waals surface area contributed by atoms with Crippen LogP contribution in [0.4, 0.5) is 0 Å². The molecule has 1 aliphatic rings. The molecular weight excluding hydrogens is 300 g/mol. The van der Waals surface area contributed by atoms with E-state index in [0.717, 1.165) is 34.2 Å². The Bertz CT molecular complexity index is 721. The van der Waals surface area contributed by atoms with Gasteiger partial charge in [-0.25, -0.2) is 0 Å². The molecule has 0 amide bonds. The fourth-order valence-corrected chi connectivity index (χ4v) is 3.24. The first-order valence-corrected chi connectivity index (χ1v) is 8.50. The fraction of sp³-hybridized carbons (Fsp3) is 0.333. The van der Waals surface area contributed by atoms with E-state index in [9.17, 15) is 0 Å². The predicted octanol–water partition coefficient (Wildman–Crippen LogP) is 5.45. The minimum absolute atomic E-state index is 0.0977. The molecule has 0 spiro atoms. The summed E-state index contributed by atoms with van der Waals surface area (Å²) in [6, 6.07) is 10.4. The summed E-state index contributed by atoms with van der Waals surface area (Å²) in [5.74, 6) is 3.55. The standard InChI is InChI=1S/C21H24O3/c1-5-22-18-12-17(16-10-8-7-9-11-16)13-19(23-6-2)21-15(4)24-14(3)20(18)21/h7-13,17H,5-6H2,1-4H3. The van der Waals surface area contributed by atoms with Gasteiger partial charge in [-0.2, -0.15) is 0 Å². The third-order valence-corrected chi connectivity index (χ3v) is 4.20. The fourth-order valence-electron chi connectivity index (χ4n) is 3.24. The molecule has 0 fully saturated rings. The Balaban J connectivity index is 2.20. The normalized spacial score (nSPS) is 14.5. The molecule has 0 aliphatic heterocycles. The van der Waals surface area contributed by atoms with Crippen molar-refractivity contribution in [2.24, 2.45) is 0 Å². The van der Waals surface area contributed by atoms with Crippen molar-refractivity contribution in [1.82, 2.24) is 0 Å². The zero-order chi connectivity index (χ0) is 17.1.